The van der Waals surface area contributed by atoms with Crippen LogP contribution in [-0.2, 0) is 21.8 Å². The summed E-state index contributed by atoms with van der Waals surface area (Å²) in [6, 6.07) is 24.2. The van der Waals surface area contributed by atoms with E-state index in [4.69, 9.17) is 9.47 Å². The molecule has 38 heavy (non-hydrogen) atoms. The van der Waals surface area contributed by atoms with Crippen LogP contribution in [0.15, 0.2) is 101 Å². The van der Waals surface area contributed by atoms with Crippen LogP contribution in [0.4, 0.5) is 0 Å². The minimum absolute atomic E-state index is 0.0251. The summed E-state index contributed by atoms with van der Waals surface area (Å²) in [5.74, 6) is 0.212. The average molecular weight is 529 g/mol. The second kappa shape index (κ2) is 9.68. The van der Waals surface area contributed by atoms with Crippen molar-refractivity contribution < 1.29 is 22.7 Å². The van der Waals surface area contributed by atoms with E-state index in [2.05, 4.69) is 0 Å². The number of benzene rings is 3. The van der Waals surface area contributed by atoms with Crippen LogP contribution in [-0.4, -0.2) is 30.0 Å². The molecule has 0 unspecified atom stereocenters. The molecule has 9 heteroatoms. The van der Waals surface area contributed by atoms with Gasteiger partial charge < -0.3 is 14.0 Å². The molecule has 0 saturated heterocycles. The monoisotopic (exact) mass is 528 g/mol. The first kappa shape index (κ1) is 25.0. The number of pyridine rings is 1. The van der Waals surface area contributed by atoms with Crippen LogP contribution in [0.25, 0.3) is 22.0 Å². The fraction of sp³-hybridized carbons (Fsp3) is 0.103. The Labute approximate surface area is 219 Å². The van der Waals surface area contributed by atoms with Gasteiger partial charge in [-0.05, 0) is 42.8 Å². The van der Waals surface area contributed by atoms with E-state index < -0.39 is 21.6 Å². The number of aromatic nitrogens is 2. The van der Waals surface area contributed by atoms with Gasteiger partial charge in [0, 0.05) is 29.8 Å². The number of fused-ring (bicyclic) bond motifs is 1. The summed E-state index contributed by atoms with van der Waals surface area (Å²) >= 11 is 0. The first-order valence-corrected chi connectivity index (χ1v) is 13.1. The van der Waals surface area contributed by atoms with Gasteiger partial charge in [0.25, 0.3) is 15.6 Å². The maximum atomic E-state index is 14.0. The minimum atomic E-state index is -4.36. The van der Waals surface area contributed by atoms with Crippen LogP contribution in [0.3, 0.4) is 0 Å². The molecule has 2 heterocycles. The molecule has 192 valence electrons. The van der Waals surface area contributed by atoms with Crippen LogP contribution in [0, 0.1) is 6.92 Å². The Morgan fingerprint density at radius 2 is 1.53 bits per heavy atom. The lowest BCUT2D eigenvalue weighted by Crippen LogP contribution is -2.25. The zero-order chi connectivity index (χ0) is 27.0. The van der Waals surface area contributed by atoms with E-state index in [1.807, 2.05) is 48.5 Å². The Kier molecular flexibility index (Phi) is 6.38. The van der Waals surface area contributed by atoms with Crippen molar-refractivity contribution in [2.24, 2.45) is 7.05 Å². The predicted octanol–water partition coefficient (Wildman–Crippen LogP) is 5.13. The van der Waals surface area contributed by atoms with Crippen molar-refractivity contribution in [3.05, 3.63) is 113 Å². The molecule has 0 radical (unpaired) electrons. The summed E-state index contributed by atoms with van der Waals surface area (Å²) in [4.78, 5) is 26.3. The first-order valence-electron chi connectivity index (χ1n) is 11.7. The molecular formula is C29H24N2O6S. The lowest BCUT2D eigenvalue weighted by Gasteiger charge is -2.15. The van der Waals surface area contributed by atoms with Gasteiger partial charge in [-0.1, -0.05) is 54.6 Å². The van der Waals surface area contributed by atoms with Gasteiger partial charge in [-0.25, -0.2) is 17.2 Å². The Morgan fingerprint density at radius 3 is 2.24 bits per heavy atom. The van der Waals surface area contributed by atoms with Crippen LogP contribution >= 0.6 is 0 Å². The van der Waals surface area contributed by atoms with E-state index >= 15 is 0 Å². The molecular weight excluding hydrogens is 504 g/mol. The van der Waals surface area contributed by atoms with Crippen LogP contribution in [0.2, 0.25) is 0 Å². The topological polar surface area (TPSA) is 96.6 Å². The summed E-state index contributed by atoms with van der Waals surface area (Å²) < 4.78 is 41.1. The SMILES string of the molecule is COC(=O)c1cc2c(-c3ccccc3Oc3ccccc3)cn(C)c(=O)c2n1S(=O)(=O)c1ccccc1C. The first-order chi connectivity index (χ1) is 18.2. The number of hydrogen-bond donors (Lipinski definition) is 0. The number of carbonyl (C=O) groups excluding carboxylic acids is 1. The molecule has 0 fully saturated rings. The molecule has 0 aliphatic rings. The second-order valence-electron chi connectivity index (χ2n) is 8.69. The number of ether oxygens (including phenoxy) is 2. The summed E-state index contributed by atoms with van der Waals surface area (Å²) in [6.45, 7) is 1.65. The fourth-order valence-electron chi connectivity index (χ4n) is 4.44. The average Bonchev–Trinajstić information content (AvgIpc) is 3.33. The smallest absolute Gasteiger partial charge is 0.355 e. The normalized spacial score (nSPS) is 11.4. The molecule has 5 rings (SSSR count). The third-order valence-electron chi connectivity index (χ3n) is 6.25. The molecule has 0 bridgehead atoms. The molecule has 0 spiro atoms. The molecule has 5 aromatic rings. The van der Waals surface area contributed by atoms with Crippen LogP contribution < -0.4 is 10.3 Å². The maximum Gasteiger partial charge on any atom is 0.355 e. The number of carbonyl (C=O) groups is 1. The largest absolute Gasteiger partial charge is 0.464 e. The van der Waals surface area contributed by atoms with Crippen LogP contribution in [0.1, 0.15) is 16.1 Å². The summed E-state index contributed by atoms with van der Waals surface area (Å²) in [7, 11) is -1.68. The van der Waals surface area contributed by atoms with Crippen molar-refractivity contribution in [1.82, 2.24) is 8.54 Å². The number of nitrogens with zero attached hydrogens (tertiary/aromatic N) is 2. The van der Waals surface area contributed by atoms with E-state index in [0.717, 1.165) is 11.1 Å². The molecule has 0 aliphatic carbocycles. The molecule has 8 nitrogen and oxygen atoms in total. The van der Waals surface area contributed by atoms with Crippen molar-refractivity contribution in [3.8, 4) is 22.6 Å². The van der Waals surface area contributed by atoms with E-state index in [1.165, 1.54) is 23.7 Å². The van der Waals surface area contributed by atoms with Gasteiger partial charge in [0.2, 0.25) is 0 Å². The Bertz CT molecular complexity index is 1850. The van der Waals surface area contributed by atoms with Gasteiger partial charge >= 0.3 is 5.97 Å². The van der Waals surface area contributed by atoms with Crippen molar-refractivity contribution in [3.63, 3.8) is 0 Å². The number of aryl methyl sites for hydroxylation is 2. The highest BCUT2D eigenvalue weighted by Gasteiger charge is 2.31. The van der Waals surface area contributed by atoms with Crippen LogP contribution in [0.5, 0.6) is 11.5 Å². The number of methoxy groups -OCH3 is 1. The lowest BCUT2D eigenvalue weighted by atomic mass is 10.0. The van der Waals surface area contributed by atoms with E-state index in [1.54, 1.807) is 37.4 Å². The Balaban J connectivity index is 1.85. The quantitative estimate of drug-likeness (QED) is 0.284. The van der Waals surface area contributed by atoms with Gasteiger partial charge in [0.1, 0.15) is 22.7 Å². The summed E-state index contributed by atoms with van der Waals surface area (Å²) in [5.41, 5.74) is 0.563. The lowest BCUT2D eigenvalue weighted by molar-refractivity contribution is 0.0593. The second-order valence-corrected chi connectivity index (χ2v) is 10.4. The molecule has 0 atom stereocenters. The van der Waals surface area contributed by atoms with Crippen molar-refractivity contribution in [1.29, 1.82) is 0 Å². The van der Waals surface area contributed by atoms with Gasteiger partial charge in [0.05, 0.1) is 12.0 Å². The highest BCUT2D eigenvalue weighted by atomic mass is 32.2. The number of hydrogen-bond acceptors (Lipinski definition) is 6. The van der Waals surface area contributed by atoms with Gasteiger partial charge in [-0.2, -0.15) is 0 Å². The number of esters is 1. The highest BCUT2D eigenvalue weighted by molar-refractivity contribution is 7.90. The van der Waals surface area contributed by atoms with Gasteiger partial charge in [-0.15, -0.1) is 0 Å². The summed E-state index contributed by atoms with van der Waals surface area (Å²) in [6.07, 6.45) is 1.60. The van der Waals surface area contributed by atoms with Crippen molar-refractivity contribution in [2.75, 3.05) is 7.11 Å². The molecule has 3 aromatic carbocycles. The Hall–Kier alpha value is -4.63. The molecule has 0 amide bonds. The molecule has 0 saturated carbocycles. The standard InChI is InChI=1S/C29H24N2O6S/c1-19-11-7-10-16-26(19)38(34,35)31-24(29(33)36-3)17-22-23(18-30(2)28(32)27(22)31)21-14-8-9-15-25(21)37-20-12-5-4-6-13-20/h4-18H,1-3H3. The molecule has 2 aromatic heterocycles. The zero-order valence-corrected chi connectivity index (χ0v) is 21.7. The zero-order valence-electron chi connectivity index (χ0n) is 20.9. The third kappa shape index (κ3) is 4.16. The van der Waals surface area contributed by atoms with Gasteiger partial charge in [0.15, 0.2) is 0 Å². The maximum absolute atomic E-state index is 14.0. The summed E-state index contributed by atoms with van der Waals surface area (Å²) in [5, 5.41) is 0.273. The number of rotatable bonds is 6. The molecule has 0 N–H and O–H groups in total. The minimum Gasteiger partial charge on any atom is -0.464 e. The van der Waals surface area contributed by atoms with Gasteiger partial charge in [-0.3, -0.25) is 4.79 Å². The highest BCUT2D eigenvalue weighted by Crippen LogP contribution is 2.38. The van der Waals surface area contributed by atoms with Crippen molar-refractivity contribution in [2.45, 2.75) is 11.8 Å². The number of para-hydroxylation sites is 2. The van der Waals surface area contributed by atoms with E-state index in [0.29, 0.717) is 28.2 Å². The van der Waals surface area contributed by atoms with Crippen molar-refractivity contribution >= 4 is 26.9 Å². The Morgan fingerprint density at radius 1 is 0.868 bits per heavy atom. The third-order valence-corrected chi connectivity index (χ3v) is 8.12. The molecule has 0 aliphatic heterocycles. The van der Waals surface area contributed by atoms with E-state index in [-0.39, 0.29) is 21.5 Å². The fourth-order valence-corrected chi connectivity index (χ4v) is 6.16. The predicted molar refractivity (Wildman–Crippen MR) is 144 cm³/mol. The van der Waals surface area contributed by atoms with E-state index in [9.17, 15) is 18.0 Å².